The Balaban J connectivity index is 1.80. The van der Waals surface area contributed by atoms with E-state index in [4.69, 9.17) is 5.73 Å². The van der Waals surface area contributed by atoms with Gasteiger partial charge < -0.3 is 5.73 Å². The number of hydrogen-bond donors (Lipinski definition) is 1. The molecule has 1 atom stereocenters. The van der Waals surface area contributed by atoms with Gasteiger partial charge in [-0.3, -0.25) is 0 Å². The van der Waals surface area contributed by atoms with Crippen molar-refractivity contribution in [1.82, 2.24) is 19.8 Å². The van der Waals surface area contributed by atoms with Gasteiger partial charge in [-0.05, 0) is 11.4 Å². The van der Waals surface area contributed by atoms with Crippen molar-refractivity contribution < 1.29 is 0 Å². The first kappa shape index (κ1) is 12.6. The summed E-state index contributed by atoms with van der Waals surface area (Å²) in [5, 5.41) is 15.9. The standard InChI is InChI=1S/C14H11N5S2/c15-11(10-7-4-8-20-10)13-18-19-12(16-17-14(19)21-13)9-5-2-1-3-6-9/h1-8,11H,15H2. The zero-order valence-electron chi connectivity index (χ0n) is 10.9. The first-order valence-electron chi connectivity index (χ1n) is 6.39. The van der Waals surface area contributed by atoms with E-state index in [1.54, 1.807) is 15.9 Å². The molecule has 0 aliphatic heterocycles. The molecule has 7 heteroatoms. The summed E-state index contributed by atoms with van der Waals surface area (Å²) < 4.78 is 1.77. The predicted molar refractivity (Wildman–Crippen MR) is 84.4 cm³/mol. The second-order valence-electron chi connectivity index (χ2n) is 4.52. The minimum atomic E-state index is -0.208. The third kappa shape index (κ3) is 2.15. The normalized spacial score (nSPS) is 12.8. The van der Waals surface area contributed by atoms with Crippen molar-refractivity contribution in [3.63, 3.8) is 0 Å². The number of nitrogens with two attached hydrogens (primary N) is 1. The maximum Gasteiger partial charge on any atom is 0.235 e. The molecule has 0 amide bonds. The van der Waals surface area contributed by atoms with Gasteiger partial charge in [0.15, 0.2) is 5.82 Å². The molecule has 1 aromatic carbocycles. The highest BCUT2D eigenvalue weighted by molar-refractivity contribution is 7.17. The van der Waals surface area contributed by atoms with Gasteiger partial charge in [0.2, 0.25) is 4.96 Å². The monoisotopic (exact) mass is 313 g/mol. The number of fused-ring (bicyclic) bond motifs is 1. The molecule has 0 bridgehead atoms. The van der Waals surface area contributed by atoms with Gasteiger partial charge in [0, 0.05) is 10.4 Å². The summed E-state index contributed by atoms with van der Waals surface area (Å²) in [6.45, 7) is 0. The maximum absolute atomic E-state index is 6.27. The first-order chi connectivity index (χ1) is 10.3. The second-order valence-corrected chi connectivity index (χ2v) is 6.48. The molecule has 1 unspecified atom stereocenters. The van der Waals surface area contributed by atoms with Crippen LogP contribution < -0.4 is 5.73 Å². The van der Waals surface area contributed by atoms with Crippen molar-refractivity contribution >= 4 is 27.6 Å². The van der Waals surface area contributed by atoms with Gasteiger partial charge in [-0.1, -0.05) is 47.7 Å². The molecule has 0 spiro atoms. The minimum absolute atomic E-state index is 0.208. The molecule has 0 fully saturated rings. The first-order valence-corrected chi connectivity index (χ1v) is 8.09. The van der Waals surface area contributed by atoms with Crippen LogP contribution in [0, 0.1) is 0 Å². The van der Waals surface area contributed by atoms with Gasteiger partial charge in [-0.2, -0.15) is 9.61 Å². The Morgan fingerprint density at radius 3 is 2.67 bits per heavy atom. The smallest absolute Gasteiger partial charge is 0.235 e. The molecule has 5 nitrogen and oxygen atoms in total. The zero-order chi connectivity index (χ0) is 14.2. The van der Waals surface area contributed by atoms with E-state index in [1.807, 2.05) is 47.8 Å². The van der Waals surface area contributed by atoms with Gasteiger partial charge in [0.1, 0.15) is 5.01 Å². The van der Waals surface area contributed by atoms with Crippen molar-refractivity contribution in [2.24, 2.45) is 5.73 Å². The molecule has 0 saturated carbocycles. The van der Waals surface area contributed by atoms with E-state index in [1.165, 1.54) is 11.3 Å². The number of benzene rings is 1. The molecule has 0 aliphatic carbocycles. The molecular formula is C14H11N5S2. The van der Waals surface area contributed by atoms with Crippen LogP contribution in [0.2, 0.25) is 0 Å². The third-order valence-electron chi connectivity index (χ3n) is 3.15. The lowest BCUT2D eigenvalue weighted by molar-refractivity contribution is 0.819. The summed E-state index contributed by atoms with van der Waals surface area (Å²) in [5.74, 6) is 0.742. The Hall–Kier alpha value is -2.09. The SMILES string of the molecule is NC(c1cccs1)c1nn2c(-c3ccccc3)nnc2s1. The van der Waals surface area contributed by atoms with E-state index >= 15 is 0 Å². The molecule has 0 radical (unpaired) electrons. The molecule has 104 valence electrons. The lowest BCUT2D eigenvalue weighted by Gasteiger charge is -2.03. The lowest BCUT2D eigenvalue weighted by Crippen LogP contribution is -2.10. The van der Waals surface area contributed by atoms with Crippen molar-refractivity contribution in [3.05, 3.63) is 57.7 Å². The highest BCUT2D eigenvalue weighted by atomic mass is 32.1. The van der Waals surface area contributed by atoms with E-state index in [0.717, 1.165) is 26.2 Å². The fraction of sp³-hybridized carbons (Fsp3) is 0.0714. The van der Waals surface area contributed by atoms with E-state index in [0.29, 0.717) is 0 Å². The van der Waals surface area contributed by atoms with Crippen molar-refractivity contribution in [3.8, 4) is 11.4 Å². The topological polar surface area (TPSA) is 69.1 Å². The van der Waals surface area contributed by atoms with Crippen LogP contribution in [0.25, 0.3) is 16.3 Å². The Kier molecular flexibility index (Phi) is 3.03. The summed E-state index contributed by atoms with van der Waals surface area (Å²) in [5.41, 5.74) is 7.26. The third-order valence-corrected chi connectivity index (χ3v) is 5.09. The average Bonchev–Trinajstić information content (AvgIpc) is 3.23. The molecule has 3 aromatic heterocycles. The van der Waals surface area contributed by atoms with Crippen LogP contribution in [0.4, 0.5) is 0 Å². The van der Waals surface area contributed by atoms with Gasteiger partial charge in [-0.15, -0.1) is 21.5 Å². The number of aromatic nitrogens is 4. The lowest BCUT2D eigenvalue weighted by atomic mass is 10.2. The van der Waals surface area contributed by atoms with Gasteiger partial charge in [0.05, 0.1) is 6.04 Å². The van der Waals surface area contributed by atoms with Crippen LogP contribution in [-0.2, 0) is 0 Å². The Morgan fingerprint density at radius 2 is 1.90 bits per heavy atom. The van der Waals surface area contributed by atoms with E-state index < -0.39 is 0 Å². The molecule has 21 heavy (non-hydrogen) atoms. The maximum atomic E-state index is 6.27. The van der Waals surface area contributed by atoms with Crippen LogP contribution in [0.3, 0.4) is 0 Å². The van der Waals surface area contributed by atoms with Crippen molar-refractivity contribution in [2.75, 3.05) is 0 Å². The molecule has 3 heterocycles. The average molecular weight is 313 g/mol. The Morgan fingerprint density at radius 1 is 1.05 bits per heavy atom. The minimum Gasteiger partial charge on any atom is -0.318 e. The molecule has 2 N–H and O–H groups in total. The summed E-state index contributed by atoms with van der Waals surface area (Å²) in [7, 11) is 0. The van der Waals surface area contributed by atoms with Gasteiger partial charge in [0.25, 0.3) is 0 Å². The molecular weight excluding hydrogens is 302 g/mol. The molecule has 0 aliphatic rings. The summed E-state index contributed by atoms with van der Waals surface area (Å²) in [4.78, 5) is 1.86. The predicted octanol–water partition coefficient (Wildman–Crippen LogP) is 2.96. The highest BCUT2D eigenvalue weighted by Gasteiger charge is 2.19. The van der Waals surface area contributed by atoms with Crippen molar-refractivity contribution in [2.45, 2.75) is 6.04 Å². The van der Waals surface area contributed by atoms with Gasteiger partial charge >= 0.3 is 0 Å². The summed E-state index contributed by atoms with van der Waals surface area (Å²) >= 11 is 3.11. The Bertz CT molecular complexity index is 863. The number of nitrogens with zero attached hydrogens (tertiary/aromatic N) is 4. The number of thiophene rings is 1. The van der Waals surface area contributed by atoms with Crippen LogP contribution in [-0.4, -0.2) is 19.8 Å². The second kappa shape index (κ2) is 5.03. The fourth-order valence-corrected chi connectivity index (χ4v) is 3.78. The summed E-state index contributed by atoms with van der Waals surface area (Å²) in [6.07, 6.45) is 0. The van der Waals surface area contributed by atoms with Gasteiger partial charge in [-0.25, -0.2) is 0 Å². The zero-order valence-corrected chi connectivity index (χ0v) is 12.5. The molecule has 4 rings (SSSR count). The van der Waals surface area contributed by atoms with Crippen molar-refractivity contribution in [1.29, 1.82) is 0 Å². The van der Waals surface area contributed by atoms with Crippen LogP contribution in [0.1, 0.15) is 15.9 Å². The van der Waals surface area contributed by atoms with E-state index in [2.05, 4.69) is 15.3 Å². The van der Waals surface area contributed by atoms with E-state index in [9.17, 15) is 0 Å². The number of hydrogen-bond acceptors (Lipinski definition) is 6. The molecule has 4 aromatic rings. The van der Waals surface area contributed by atoms with E-state index in [-0.39, 0.29) is 6.04 Å². The van der Waals surface area contributed by atoms with Crippen LogP contribution >= 0.6 is 22.7 Å². The largest absolute Gasteiger partial charge is 0.318 e. The fourth-order valence-electron chi connectivity index (χ4n) is 2.11. The van der Waals surface area contributed by atoms with Crippen LogP contribution in [0.5, 0.6) is 0 Å². The van der Waals surface area contributed by atoms with Crippen LogP contribution in [0.15, 0.2) is 47.8 Å². The molecule has 0 saturated heterocycles. The highest BCUT2D eigenvalue weighted by Crippen LogP contribution is 2.28. The Labute approximate surface area is 128 Å². The number of rotatable bonds is 3. The quantitative estimate of drug-likeness (QED) is 0.631. The summed E-state index contributed by atoms with van der Waals surface area (Å²) in [6, 6.07) is 13.7.